The van der Waals surface area contributed by atoms with E-state index in [0.717, 1.165) is 12.0 Å². The van der Waals surface area contributed by atoms with Crippen LogP contribution < -0.4 is 0 Å². The van der Waals surface area contributed by atoms with Crippen LogP contribution in [0.25, 0.3) is 0 Å². The van der Waals surface area contributed by atoms with Gasteiger partial charge in [0.1, 0.15) is 5.78 Å². The van der Waals surface area contributed by atoms with Gasteiger partial charge in [-0.15, -0.1) is 0 Å². The minimum atomic E-state index is -0.576. The third-order valence-corrected chi connectivity index (χ3v) is 3.19. The van der Waals surface area contributed by atoms with Gasteiger partial charge in [0, 0.05) is 6.42 Å². The number of aliphatic hydroxyl groups excluding tert-OH is 1. The van der Waals surface area contributed by atoms with Crippen LogP contribution in [-0.4, -0.2) is 17.5 Å². The molecular formula is C12H14O2. The van der Waals surface area contributed by atoms with Crippen LogP contribution in [0.15, 0.2) is 24.3 Å². The van der Waals surface area contributed by atoms with E-state index in [-0.39, 0.29) is 12.4 Å². The standard InChI is InChI=1S/C12H14O2/c1-9-2-4-10(5-3-9)12(8-13)7-6-11(12)14/h2-5,13H,6-8H2,1H3/t12-/m1/s1. The lowest BCUT2D eigenvalue weighted by Crippen LogP contribution is -2.48. The lowest BCUT2D eigenvalue weighted by Gasteiger charge is -2.38. The number of benzene rings is 1. The number of carbonyl (C=O) groups is 1. The first-order chi connectivity index (χ1) is 6.69. The van der Waals surface area contributed by atoms with Gasteiger partial charge in [0.2, 0.25) is 0 Å². The van der Waals surface area contributed by atoms with Gasteiger partial charge in [-0.05, 0) is 18.9 Å². The summed E-state index contributed by atoms with van der Waals surface area (Å²) in [7, 11) is 0. The maximum absolute atomic E-state index is 11.5. The highest BCUT2D eigenvalue weighted by molar-refractivity contribution is 5.96. The average Bonchev–Trinajstić information content (AvgIpc) is 2.20. The zero-order valence-electron chi connectivity index (χ0n) is 8.29. The van der Waals surface area contributed by atoms with Crippen molar-refractivity contribution >= 4 is 5.78 Å². The first-order valence-electron chi connectivity index (χ1n) is 4.90. The Labute approximate surface area is 83.6 Å². The van der Waals surface area contributed by atoms with Crippen LogP contribution in [0.3, 0.4) is 0 Å². The van der Waals surface area contributed by atoms with Gasteiger partial charge in [-0.25, -0.2) is 0 Å². The van der Waals surface area contributed by atoms with Crippen LogP contribution in [0.5, 0.6) is 0 Å². The quantitative estimate of drug-likeness (QED) is 0.769. The van der Waals surface area contributed by atoms with Crippen molar-refractivity contribution in [1.82, 2.24) is 0 Å². The molecule has 2 rings (SSSR count). The third-order valence-electron chi connectivity index (χ3n) is 3.19. The SMILES string of the molecule is Cc1ccc([C@]2(CO)CCC2=O)cc1. The van der Waals surface area contributed by atoms with E-state index in [2.05, 4.69) is 0 Å². The largest absolute Gasteiger partial charge is 0.395 e. The van der Waals surface area contributed by atoms with Gasteiger partial charge in [-0.3, -0.25) is 4.79 Å². The predicted octanol–water partition coefficient (Wildman–Crippen LogP) is 1.59. The summed E-state index contributed by atoms with van der Waals surface area (Å²) in [5.74, 6) is 0.170. The Morgan fingerprint density at radius 2 is 2.00 bits per heavy atom. The lowest BCUT2D eigenvalue weighted by molar-refractivity contribution is -0.134. The van der Waals surface area contributed by atoms with E-state index in [1.807, 2.05) is 31.2 Å². The summed E-state index contributed by atoms with van der Waals surface area (Å²) in [5.41, 5.74) is 1.56. The first kappa shape index (κ1) is 9.41. The fourth-order valence-electron chi connectivity index (χ4n) is 1.97. The van der Waals surface area contributed by atoms with E-state index in [9.17, 15) is 9.90 Å². The average molecular weight is 190 g/mol. The molecule has 0 radical (unpaired) electrons. The van der Waals surface area contributed by atoms with Gasteiger partial charge in [-0.1, -0.05) is 29.8 Å². The highest BCUT2D eigenvalue weighted by Gasteiger charge is 2.46. The van der Waals surface area contributed by atoms with Crippen LogP contribution in [0.4, 0.5) is 0 Å². The number of aryl methyl sites for hydroxylation is 1. The van der Waals surface area contributed by atoms with Crippen LogP contribution in [0, 0.1) is 6.92 Å². The highest BCUT2D eigenvalue weighted by atomic mass is 16.3. The Kier molecular flexibility index (Phi) is 2.16. The van der Waals surface area contributed by atoms with Gasteiger partial charge in [0.15, 0.2) is 0 Å². The van der Waals surface area contributed by atoms with Gasteiger partial charge in [0.05, 0.1) is 12.0 Å². The summed E-state index contributed by atoms with van der Waals surface area (Å²) in [4.78, 5) is 11.5. The zero-order valence-corrected chi connectivity index (χ0v) is 8.29. The molecule has 1 aromatic carbocycles. The zero-order chi connectivity index (χ0) is 10.2. The van der Waals surface area contributed by atoms with E-state index >= 15 is 0 Å². The van der Waals surface area contributed by atoms with E-state index in [0.29, 0.717) is 6.42 Å². The molecule has 0 amide bonds. The Balaban J connectivity index is 2.37. The van der Waals surface area contributed by atoms with E-state index in [4.69, 9.17) is 0 Å². The van der Waals surface area contributed by atoms with Crippen molar-refractivity contribution < 1.29 is 9.90 Å². The maximum Gasteiger partial charge on any atom is 0.145 e. The van der Waals surface area contributed by atoms with E-state index in [1.54, 1.807) is 0 Å². The molecule has 0 aliphatic heterocycles. The molecule has 1 aromatic rings. The van der Waals surface area contributed by atoms with Crippen molar-refractivity contribution in [2.24, 2.45) is 0 Å². The van der Waals surface area contributed by atoms with Crippen molar-refractivity contribution in [2.45, 2.75) is 25.2 Å². The molecule has 1 saturated carbocycles. The first-order valence-corrected chi connectivity index (χ1v) is 4.90. The monoisotopic (exact) mass is 190 g/mol. The minimum Gasteiger partial charge on any atom is -0.395 e. The molecule has 0 aromatic heterocycles. The molecule has 14 heavy (non-hydrogen) atoms. The Hall–Kier alpha value is -1.15. The highest BCUT2D eigenvalue weighted by Crippen LogP contribution is 2.39. The van der Waals surface area contributed by atoms with E-state index in [1.165, 1.54) is 5.56 Å². The summed E-state index contributed by atoms with van der Waals surface area (Å²) in [5, 5.41) is 9.31. The number of hydrogen-bond donors (Lipinski definition) is 1. The van der Waals surface area contributed by atoms with Crippen molar-refractivity contribution in [2.75, 3.05) is 6.61 Å². The molecule has 2 heteroatoms. The summed E-state index contributed by atoms with van der Waals surface area (Å²) in [6.07, 6.45) is 1.39. The van der Waals surface area contributed by atoms with Crippen molar-refractivity contribution in [3.8, 4) is 0 Å². The summed E-state index contributed by atoms with van der Waals surface area (Å²) < 4.78 is 0. The van der Waals surface area contributed by atoms with Crippen LogP contribution in [0.1, 0.15) is 24.0 Å². The molecule has 0 bridgehead atoms. The van der Waals surface area contributed by atoms with E-state index < -0.39 is 5.41 Å². The summed E-state index contributed by atoms with van der Waals surface area (Å²) >= 11 is 0. The Morgan fingerprint density at radius 1 is 1.36 bits per heavy atom. The fourth-order valence-corrected chi connectivity index (χ4v) is 1.97. The van der Waals surface area contributed by atoms with Gasteiger partial charge in [-0.2, -0.15) is 0 Å². The number of hydrogen-bond acceptors (Lipinski definition) is 2. The molecule has 0 heterocycles. The van der Waals surface area contributed by atoms with Crippen LogP contribution in [0.2, 0.25) is 0 Å². The topological polar surface area (TPSA) is 37.3 Å². The maximum atomic E-state index is 11.5. The Morgan fingerprint density at radius 3 is 2.36 bits per heavy atom. The molecule has 1 N–H and O–H groups in total. The molecule has 0 spiro atoms. The second kappa shape index (κ2) is 3.21. The molecule has 74 valence electrons. The van der Waals surface area contributed by atoms with Crippen molar-refractivity contribution in [1.29, 1.82) is 0 Å². The Bertz CT molecular complexity index is 349. The van der Waals surface area contributed by atoms with Crippen molar-refractivity contribution in [3.05, 3.63) is 35.4 Å². The van der Waals surface area contributed by atoms with Gasteiger partial charge in [0.25, 0.3) is 0 Å². The second-order valence-corrected chi connectivity index (χ2v) is 4.03. The number of ketones is 1. The fraction of sp³-hybridized carbons (Fsp3) is 0.417. The van der Waals surface area contributed by atoms with Crippen LogP contribution in [-0.2, 0) is 10.2 Å². The number of aliphatic hydroxyl groups is 1. The molecule has 0 unspecified atom stereocenters. The number of Topliss-reactive ketones (excluding diaryl/α,β-unsaturated/α-hetero) is 1. The molecular weight excluding hydrogens is 176 g/mol. The number of carbonyl (C=O) groups excluding carboxylic acids is 1. The van der Waals surface area contributed by atoms with Gasteiger partial charge < -0.3 is 5.11 Å². The molecule has 2 nitrogen and oxygen atoms in total. The lowest BCUT2D eigenvalue weighted by atomic mass is 9.64. The second-order valence-electron chi connectivity index (χ2n) is 4.03. The summed E-state index contributed by atoms with van der Waals surface area (Å²) in [6.45, 7) is 1.95. The smallest absolute Gasteiger partial charge is 0.145 e. The number of rotatable bonds is 2. The molecule has 1 aliphatic carbocycles. The predicted molar refractivity (Wildman–Crippen MR) is 54.2 cm³/mol. The third kappa shape index (κ3) is 1.18. The van der Waals surface area contributed by atoms with Crippen LogP contribution >= 0.6 is 0 Å². The molecule has 1 atom stereocenters. The molecule has 1 aliphatic rings. The normalized spacial score (nSPS) is 26.0. The van der Waals surface area contributed by atoms with Crippen molar-refractivity contribution in [3.63, 3.8) is 0 Å². The summed E-state index contributed by atoms with van der Waals surface area (Å²) in [6, 6.07) is 7.86. The molecule has 1 fully saturated rings. The minimum absolute atomic E-state index is 0.0606. The van der Waals surface area contributed by atoms with Gasteiger partial charge >= 0.3 is 0 Å². The molecule has 0 saturated heterocycles.